The number of aliphatic hydroxyl groups is 1. The molecule has 6 nitrogen and oxygen atoms in total. The van der Waals surface area contributed by atoms with Gasteiger partial charge in [0.2, 0.25) is 0 Å². The van der Waals surface area contributed by atoms with Crippen molar-refractivity contribution in [2.24, 2.45) is 7.05 Å². The standard InChI is InChI=1S/C17H20BrFN4O2/c1-22-17(25)16(18)14(10-21-22)20-9-11-2-3-15(13(19)8-11)23-6-4-12(24)5-7-23/h2-3,8,10,12,20,24H,4-7,9H2,1H3. The second-order valence-electron chi connectivity index (χ2n) is 6.16. The maximum absolute atomic E-state index is 14.4. The lowest BCUT2D eigenvalue weighted by Gasteiger charge is -2.31. The number of hydrogen-bond donors (Lipinski definition) is 2. The van der Waals surface area contributed by atoms with E-state index in [1.54, 1.807) is 19.3 Å². The lowest BCUT2D eigenvalue weighted by molar-refractivity contribution is 0.145. The maximum Gasteiger partial charge on any atom is 0.282 e. The zero-order valence-corrected chi connectivity index (χ0v) is 15.5. The second kappa shape index (κ2) is 7.53. The molecular formula is C17H20BrFN4O2. The number of aromatic nitrogens is 2. The van der Waals surface area contributed by atoms with Crippen LogP contribution in [-0.2, 0) is 13.6 Å². The monoisotopic (exact) mass is 410 g/mol. The van der Waals surface area contributed by atoms with Gasteiger partial charge in [-0.25, -0.2) is 9.07 Å². The molecule has 25 heavy (non-hydrogen) atoms. The Labute approximate surface area is 153 Å². The number of nitrogens with zero attached hydrogens (tertiary/aromatic N) is 3. The summed E-state index contributed by atoms with van der Waals surface area (Å²) in [6.45, 7) is 1.69. The summed E-state index contributed by atoms with van der Waals surface area (Å²) >= 11 is 3.25. The fourth-order valence-corrected chi connectivity index (χ4v) is 3.35. The highest BCUT2D eigenvalue weighted by atomic mass is 79.9. The van der Waals surface area contributed by atoms with Crippen molar-refractivity contribution < 1.29 is 9.50 Å². The molecule has 0 saturated carbocycles. The molecule has 0 amide bonds. The predicted molar refractivity (Wildman–Crippen MR) is 98.4 cm³/mol. The van der Waals surface area contributed by atoms with Gasteiger partial charge in [0, 0.05) is 26.7 Å². The first-order valence-electron chi connectivity index (χ1n) is 8.13. The van der Waals surface area contributed by atoms with E-state index >= 15 is 0 Å². The molecule has 8 heteroatoms. The van der Waals surface area contributed by atoms with Gasteiger partial charge in [0.05, 0.1) is 23.7 Å². The summed E-state index contributed by atoms with van der Waals surface area (Å²) in [7, 11) is 1.57. The molecule has 2 N–H and O–H groups in total. The van der Waals surface area contributed by atoms with Crippen molar-refractivity contribution in [2.45, 2.75) is 25.5 Å². The quantitative estimate of drug-likeness (QED) is 0.808. The zero-order valence-electron chi connectivity index (χ0n) is 13.9. The van der Waals surface area contributed by atoms with Crippen LogP contribution in [0.3, 0.4) is 0 Å². The molecule has 3 rings (SSSR count). The van der Waals surface area contributed by atoms with E-state index in [1.165, 1.54) is 10.7 Å². The number of piperidine rings is 1. The Kier molecular flexibility index (Phi) is 5.39. The van der Waals surface area contributed by atoms with Gasteiger partial charge in [-0.05, 0) is 46.5 Å². The van der Waals surface area contributed by atoms with Crippen molar-refractivity contribution in [3.63, 3.8) is 0 Å². The van der Waals surface area contributed by atoms with E-state index in [9.17, 15) is 14.3 Å². The van der Waals surface area contributed by atoms with Crippen molar-refractivity contribution in [3.05, 3.63) is 50.6 Å². The molecule has 0 bridgehead atoms. The SMILES string of the molecule is Cn1ncc(NCc2ccc(N3CCC(O)CC3)c(F)c2)c(Br)c1=O. The third-order valence-electron chi connectivity index (χ3n) is 4.38. The average molecular weight is 411 g/mol. The van der Waals surface area contributed by atoms with Gasteiger partial charge >= 0.3 is 0 Å². The Bertz CT molecular complexity index is 819. The van der Waals surface area contributed by atoms with E-state index in [1.807, 2.05) is 11.0 Å². The van der Waals surface area contributed by atoms with Crippen LogP contribution < -0.4 is 15.8 Å². The zero-order chi connectivity index (χ0) is 18.0. The lowest BCUT2D eigenvalue weighted by Crippen LogP contribution is -2.36. The molecule has 1 fully saturated rings. The lowest BCUT2D eigenvalue weighted by atomic mass is 10.1. The molecular weight excluding hydrogens is 391 g/mol. The minimum Gasteiger partial charge on any atom is -0.393 e. The predicted octanol–water partition coefficient (Wildman–Crippen LogP) is 2.26. The van der Waals surface area contributed by atoms with Gasteiger partial charge in [0.1, 0.15) is 10.3 Å². The van der Waals surface area contributed by atoms with Gasteiger partial charge in [0.15, 0.2) is 0 Å². The van der Waals surface area contributed by atoms with Gasteiger partial charge in [-0.15, -0.1) is 0 Å². The van der Waals surface area contributed by atoms with Crippen LogP contribution in [0.2, 0.25) is 0 Å². The number of rotatable bonds is 4. The van der Waals surface area contributed by atoms with Gasteiger partial charge in [-0.1, -0.05) is 6.07 Å². The van der Waals surface area contributed by atoms with Gasteiger partial charge in [-0.2, -0.15) is 5.10 Å². The molecule has 0 spiro atoms. The fourth-order valence-electron chi connectivity index (χ4n) is 2.85. The molecule has 0 radical (unpaired) electrons. The van der Waals surface area contributed by atoms with Crippen molar-refractivity contribution in [1.82, 2.24) is 9.78 Å². The van der Waals surface area contributed by atoms with Crippen LogP contribution in [0.4, 0.5) is 15.8 Å². The molecule has 1 aromatic carbocycles. The third kappa shape index (κ3) is 4.01. The van der Waals surface area contributed by atoms with Crippen LogP contribution in [-0.4, -0.2) is 34.1 Å². The molecule has 1 aromatic heterocycles. The minimum absolute atomic E-state index is 0.237. The molecule has 2 aromatic rings. The van der Waals surface area contributed by atoms with Crippen LogP contribution in [0, 0.1) is 5.82 Å². The topological polar surface area (TPSA) is 70.4 Å². The van der Waals surface area contributed by atoms with E-state index < -0.39 is 0 Å². The van der Waals surface area contributed by atoms with E-state index in [-0.39, 0.29) is 17.5 Å². The fraction of sp³-hybridized carbons (Fsp3) is 0.412. The number of halogens is 2. The van der Waals surface area contributed by atoms with Crippen molar-refractivity contribution >= 4 is 27.3 Å². The summed E-state index contributed by atoms with van der Waals surface area (Å²) in [5.41, 5.74) is 1.66. The highest BCUT2D eigenvalue weighted by Crippen LogP contribution is 2.25. The Morgan fingerprint density at radius 2 is 2.12 bits per heavy atom. The van der Waals surface area contributed by atoms with Crippen LogP contribution in [0.25, 0.3) is 0 Å². The Morgan fingerprint density at radius 3 is 2.80 bits per heavy atom. The van der Waals surface area contributed by atoms with E-state index in [0.717, 1.165) is 5.56 Å². The molecule has 0 unspecified atom stereocenters. The molecule has 134 valence electrons. The van der Waals surface area contributed by atoms with E-state index in [0.29, 0.717) is 48.3 Å². The maximum atomic E-state index is 14.4. The van der Waals surface area contributed by atoms with Crippen LogP contribution in [0.15, 0.2) is 33.7 Å². The summed E-state index contributed by atoms with van der Waals surface area (Å²) in [5, 5.41) is 16.6. The molecule has 0 aliphatic carbocycles. The highest BCUT2D eigenvalue weighted by Gasteiger charge is 2.19. The normalized spacial score (nSPS) is 15.4. The Hall–Kier alpha value is -1.93. The van der Waals surface area contributed by atoms with E-state index in [4.69, 9.17) is 0 Å². The number of benzene rings is 1. The van der Waals surface area contributed by atoms with Gasteiger partial charge in [0.25, 0.3) is 5.56 Å². The number of anilines is 2. The summed E-state index contributed by atoms with van der Waals surface area (Å²) in [4.78, 5) is 13.8. The van der Waals surface area contributed by atoms with Crippen LogP contribution in [0.1, 0.15) is 18.4 Å². The molecule has 2 heterocycles. The number of aliphatic hydroxyl groups excluding tert-OH is 1. The molecule has 0 atom stereocenters. The van der Waals surface area contributed by atoms with Crippen molar-refractivity contribution in [3.8, 4) is 0 Å². The number of nitrogens with one attached hydrogen (secondary N) is 1. The van der Waals surface area contributed by atoms with Gasteiger partial charge in [-0.3, -0.25) is 4.79 Å². The number of hydrogen-bond acceptors (Lipinski definition) is 5. The largest absolute Gasteiger partial charge is 0.393 e. The first kappa shape index (κ1) is 17.9. The summed E-state index contributed by atoms with van der Waals surface area (Å²) in [5.74, 6) is -0.281. The van der Waals surface area contributed by atoms with Crippen molar-refractivity contribution in [2.75, 3.05) is 23.3 Å². The highest BCUT2D eigenvalue weighted by molar-refractivity contribution is 9.10. The second-order valence-corrected chi connectivity index (χ2v) is 6.95. The van der Waals surface area contributed by atoms with Crippen molar-refractivity contribution in [1.29, 1.82) is 0 Å². The smallest absolute Gasteiger partial charge is 0.282 e. The van der Waals surface area contributed by atoms with Crippen LogP contribution >= 0.6 is 15.9 Å². The summed E-state index contributed by atoms with van der Waals surface area (Å²) in [6.07, 6.45) is 2.59. The first-order valence-corrected chi connectivity index (χ1v) is 8.92. The molecule has 1 aliphatic heterocycles. The first-order chi connectivity index (χ1) is 12.0. The summed E-state index contributed by atoms with van der Waals surface area (Å²) in [6, 6.07) is 5.12. The molecule has 1 saturated heterocycles. The molecule has 1 aliphatic rings. The van der Waals surface area contributed by atoms with E-state index in [2.05, 4.69) is 26.3 Å². The van der Waals surface area contributed by atoms with Crippen LogP contribution in [0.5, 0.6) is 0 Å². The third-order valence-corrected chi connectivity index (χ3v) is 5.14. The van der Waals surface area contributed by atoms with Gasteiger partial charge < -0.3 is 15.3 Å². The Morgan fingerprint density at radius 1 is 1.40 bits per heavy atom. The average Bonchev–Trinajstić information content (AvgIpc) is 2.60. The minimum atomic E-state index is -0.284. The number of aryl methyl sites for hydroxylation is 1. The summed E-state index contributed by atoms with van der Waals surface area (Å²) < 4.78 is 16.1. The Balaban J connectivity index is 1.69.